The molecule has 0 aliphatic heterocycles. The van der Waals surface area contributed by atoms with Gasteiger partial charge in [0.2, 0.25) is 5.91 Å². The Hall–Kier alpha value is -3.02. The number of amides is 2. The third kappa shape index (κ3) is 6.02. The minimum absolute atomic E-state index is 0.0186. The first kappa shape index (κ1) is 20.3. The predicted molar refractivity (Wildman–Crippen MR) is 108 cm³/mol. The van der Waals surface area contributed by atoms with E-state index in [4.69, 9.17) is 4.74 Å². The summed E-state index contributed by atoms with van der Waals surface area (Å²) in [4.78, 5) is 23.9. The quantitative estimate of drug-likeness (QED) is 0.667. The molecule has 144 valence electrons. The molecule has 0 bridgehead atoms. The average molecular weight is 369 g/mol. The molecule has 6 heteroatoms. The summed E-state index contributed by atoms with van der Waals surface area (Å²) in [5.41, 5.74) is 3.71. The number of carbonyl (C=O) groups is 2. The van der Waals surface area contributed by atoms with Crippen LogP contribution >= 0.6 is 0 Å². The van der Waals surface area contributed by atoms with Gasteiger partial charge in [-0.05, 0) is 63.1 Å². The Morgan fingerprint density at radius 2 is 1.67 bits per heavy atom. The van der Waals surface area contributed by atoms with Crippen LogP contribution in [0.4, 0.5) is 11.4 Å². The number of carbonyl (C=O) groups excluding carboxylic acids is 2. The summed E-state index contributed by atoms with van der Waals surface area (Å²) in [6, 6.07) is 12.7. The molecule has 27 heavy (non-hydrogen) atoms. The summed E-state index contributed by atoms with van der Waals surface area (Å²) in [6.07, 6.45) is 0. The molecule has 0 heterocycles. The highest BCUT2D eigenvalue weighted by atomic mass is 16.5. The van der Waals surface area contributed by atoms with Crippen molar-refractivity contribution in [3.05, 3.63) is 53.6 Å². The van der Waals surface area contributed by atoms with Crippen molar-refractivity contribution >= 4 is 23.2 Å². The van der Waals surface area contributed by atoms with Crippen LogP contribution < -0.4 is 20.7 Å². The molecule has 2 aromatic rings. The lowest BCUT2D eigenvalue weighted by Crippen LogP contribution is -2.32. The highest BCUT2D eigenvalue weighted by Crippen LogP contribution is 2.20. The maximum absolute atomic E-state index is 12.5. The van der Waals surface area contributed by atoms with Gasteiger partial charge in [0.05, 0.1) is 0 Å². The fraction of sp³-hybridized carbons (Fsp3) is 0.333. The Kier molecular flexibility index (Phi) is 7.23. The standard InChI is InChI=1S/C21H27N3O3/c1-5-22-19(25)13-27-18-11-9-17(10-12-18)23-16(4)21(26)24-20-14(2)7-6-8-15(20)3/h6-12,16,23H,5,13H2,1-4H3,(H,22,25)(H,24,26)/t16-/m1/s1. The van der Waals surface area contributed by atoms with Crippen molar-refractivity contribution in [1.29, 1.82) is 0 Å². The first-order chi connectivity index (χ1) is 12.9. The normalized spacial score (nSPS) is 11.4. The molecule has 1 atom stereocenters. The van der Waals surface area contributed by atoms with Crippen molar-refractivity contribution < 1.29 is 14.3 Å². The number of nitrogens with one attached hydrogen (secondary N) is 3. The van der Waals surface area contributed by atoms with E-state index in [0.29, 0.717) is 12.3 Å². The lowest BCUT2D eigenvalue weighted by molar-refractivity contribution is -0.123. The molecule has 0 radical (unpaired) electrons. The van der Waals surface area contributed by atoms with E-state index in [9.17, 15) is 9.59 Å². The van der Waals surface area contributed by atoms with E-state index in [1.807, 2.05) is 58.0 Å². The summed E-state index contributed by atoms with van der Waals surface area (Å²) in [5, 5.41) is 8.82. The fourth-order valence-corrected chi connectivity index (χ4v) is 2.60. The Labute approximate surface area is 160 Å². The molecule has 0 unspecified atom stereocenters. The van der Waals surface area contributed by atoms with E-state index < -0.39 is 6.04 Å². The number of hydrogen-bond donors (Lipinski definition) is 3. The van der Waals surface area contributed by atoms with E-state index in [1.165, 1.54) is 0 Å². The minimum atomic E-state index is -0.411. The second kappa shape index (κ2) is 9.62. The molecule has 0 fully saturated rings. The molecule has 0 saturated heterocycles. The Morgan fingerprint density at radius 3 is 2.26 bits per heavy atom. The molecule has 2 amide bonds. The van der Waals surface area contributed by atoms with Crippen LogP contribution in [-0.2, 0) is 9.59 Å². The molecular weight excluding hydrogens is 342 g/mol. The molecule has 0 aliphatic rings. The minimum Gasteiger partial charge on any atom is -0.484 e. The van der Waals surface area contributed by atoms with Crippen molar-refractivity contribution in [2.24, 2.45) is 0 Å². The summed E-state index contributed by atoms with van der Waals surface area (Å²) in [7, 11) is 0. The van der Waals surface area contributed by atoms with Gasteiger partial charge in [-0.15, -0.1) is 0 Å². The molecule has 0 saturated carbocycles. The van der Waals surface area contributed by atoms with Gasteiger partial charge < -0.3 is 20.7 Å². The largest absolute Gasteiger partial charge is 0.484 e. The van der Waals surface area contributed by atoms with Gasteiger partial charge >= 0.3 is 0 Å². The Morgan fingerprint density at radius 1 is 1.04 bits per heavy atom. The van der Waals surface area contributed by atoms with E-state index in [2.05, 4.69) is 16.0 Å². The smallest absolute Gasteiger partial charge is 0.257 e. The molecule has 2 rings (SSSR count). The molecule has 3 N–H and O–H groups in total. The van der Waals surface area contributed by atoms with Crippen LogP contribution in [0.15, 0.2) is 42.5 Å². The second-order valence-corrected chi connectivity index (χ2v) is 6.39. The van der Waals surface area contributed by atoms with Crippen molar-refractivity contribution in [2.75, 3.05) is 23.8 Å². The van der Waals surface area contributed by atoms with Gasteiger partial charge in [-0.25, -0.2) is 0 Å². The predicted octanol–water partition coefficient (Wildman–Crippen LogP) is 3.26. The maximum Gasteiger partial charge on any atom is 0.257 e. The number of rotatable bonds is 8. The maximum atomic E-state index is 12.5. The monoisotopic (exact) mass is 369 g/mol. The van der Waals surface area contributed by atoms with Crippen LogP contribution in [0.2, 0.25) is 0 Å². The van der Waals surface area contributed by atoms with Gasteiger partial charge in [0, 0.05) is 17.9 Å². The number of para-hydroxylation sites is 1. The van der Waals surface area contributed by atoms with Crippen molar-refractivity contribution in [3.8, 4) is 5.75 Å². The summed E-state index contributed by atoms with van der Waals surface area (Å²) in [6.45, 7) is 8.17. The van der Waals surface area contributed by atoms with Gasteiger partial charge in [-0.1, -0.05) is 18.2 Å². The van der Waals surface area contributed by atoms with Crippen molar-refractivity contribution in [1.82, 2.24) is 5.32 Å². The second-order valence-electron chi connectivity index (χ2n) is 6.39. The molecule has 2 aromatic carbocycles. The number of ether oxygens (including phenoxy) is 1. The average Bonchev–Trinajstić information content (AvgIpc) is 2.64. The zero-order valence-corrected chi connectivity index (χ0v) is 16.3. The van der Waals surface area contributed by atoms with E-state index in [1.54, 1.807) is 12.1 Å². The summed E-state index contributed by atoms with van der Waals surface area (Å²) in [5.74, 6) is 0.333. The number of likely N-dealkylation sites (N-methyl/N-ethyl adjacent to an activating group) is 1. The number of hydrogen-bond acceptors (Lipinski definition) is 4. The fourth-order valence-electron chi connectivity index (χ4n) is 2.60. The highest BCUT2D eigenvalue weighted by Gasteiger charge is 2.15. The van der Waals surface area contributed by atoms with E-state index in [-0.39, 0.29) is 18.4 Å². The lowest BCUT2D eigenvalue weighted by Gasteiger charge is -2.18. The van der Waals surface area contributed by atoms with Crippen LogP contribution in [0.1, 0.15) is 25.0 Å². The topological polar surface area (TPSA) is 79.5 Å². The SMILES string of the molecule is CCNC(=O)COc1ccc(N[C@H](C)C(=O)Nc2c(C)cccc2C)cc1. The van der Waals surface area contributed by atoms with Crippen LogP contribution in [0.3, 0.4) is 0 Å². The molecule has 0 spiro atoms. The zero-order chi connectivity index (χ0) is 19.8. The Balaban J connectivity index is 1.90. The van der Waals surface area contributed by atoms with E-state index in [0.717, 1.165) is 22.5 Å². The molecule has 0 aliphatic carbocycles. The highest BCUT2D eigenvalue weighted by molar-refractivity contribution is 5.97. The van der Waals surface area contributed by atoms with E-state index >= 15 is 0 Å². The van der Waals surface area contributed by atoms with Gasteiger partial charge in [-0.3, -0.25) is 9.59 Å². The van der Waals surface area contributed by atoms with Crippen LogP contribution in [-0.4, -0.2) is 31.0 Å². The van der Waals surface area contributed by atoms with Gasteiger partial charge in [0.1, 0.15) is 11.8 Å². The van der Waals surface area contributed by atoms with Gasteiger partial charge in [0.15, 0.2) is 6.61 Å². The van der Waals surface area contributed by atoms with Gasteiger partial charge in [-0.2, -0.15) is 0 Å². The van der Waals surface area contributed by atoms with Crippen molar-refractivity contribution in [3.63, 3.8) is 0 Å². The lowest BCUT2D eigenvalue weighted by atomic mass is 10.1. The number of anilines is 2. The van der Waals surface area contributed by atoms with Crippen LogP contribution in [0, 0.1) is 13.8 Å². The Bertz CT molecular complexity index is 768. The third-order valence-electron chi connectivity index (χ3n) is 4.10. The third-order valence-corrected chi connectivity index (χ3v) is 4.10. The van der Waals surface area contributed by atoms with Crippen molar-refractivity contribution in [2.45, 2.75) is 33.7 Å². The van der Waals surface area contributed by atoms with Crippen LogP contribution in [0.25, 0.3) is 0 Å². The first-order valence-electron chi connectivity index (χ1n) is 9.04. The number of benzene rings is 2. The van der Waals surface area contributed by atoms with Crippen LogP contribution in [0.5, 0.6) is 5.75 Å². The first-order valence-corrected chi connectivity index (χ1v) is 9.04. The zero-order valence-electron chi connectivity index (χ0n) is 16.3. The molecule has 6 nitrogen and oxygen atoms in total. The summed E-state index contributed by atoms with van der Waals surface area (Å²) < 4.78 is 5.41. The molecule has 0 aromatic heterocycles. The summed E-state index contributed by atoms with van der Waals surface area (Å²) >= 11 is 0. The number of aryl methyl sites for hydroxylation is 2. The van der Waals surface area contributed by atoms with Gasteiger partial charge in [0.25, 0.3) is 5.91 Å². The molecular formula is C21H27N3O3.